The molecule has 0 spiro atoms. The summed E-state index contributed by atoms with van der Waals surface area (Å²) in [5, 5.41) is 2.89. The molecule has 0 aliphatic heterocycles. The third-order valence-electron chi connectivity index (χ3n) is 4.44. The Bertz CT molecular complexity index is 824. The molecule has 4 nitrogen and oxygen atoms in total. The SMILES string of the molecule is Cc1cccc(CN(C(=O)CSCc2ccc(F)cc2)C(C)C(=O)NC(C)C)c1. The van der Waals surface area contributed by atoms with Crippen LogP contribution in [0.3, 0.4) is 0 Å². The topological polar surface area (TPSA) is 49.4 Å². The van der Waals surface area contributed by atoms with Gasteiger partial charge in [-0.25, -0.2) is 4.39 Å². The molecule has 0 saturated carbocycles. The van der Waals surface area contributed by atoms with E-state index in [1.165, 1.54) is 23.9 Å². The molecule has 29 heavy (non-hydrogen) atoms. The van der Waals surface area contributed by atoms with E-state index in [2.05, 4.69) is 5.32 Å². The van der Waals surface area contributed by atoms with E-state index in [1.54, 1.807) is 24.0 Å². The first-order valence-corrected chi connectivity index (χ1v) is 10.9. The monoisotopic (exact) mass is 416 g/mol. The molecule has 0 fully saturated rings. The summed E-state index contributed by atoms with van der Waals surface area (Å²) in [6.45, 7) is 7.94. The van der Waals surface area contributed by atoms with Crippen LogP contribution in [0.25, 0.3) is 0 Å². The van der Waals surface area contributed by atoms with Gasteiger partial charge in [0.25, 0.3) is 0 Å². The van der Waals surface area contributed by atoms with Gasteiger partial charge in [0.1, 0.15) is 11.9 Å². The Morgan fingerprint density at radius 1 is 1.07 bits per heavy atom. The molecule has 1 unspecified atom stereocenters. The van der Waals surface area contributed by atoms with Gasteiger partial charge in [-0.05, 0) is 51.0 Å². The summed E-state index contributed by atoms with van der Waals surface area (Å²) >= 11 is 1.46. The first kappa shape index (κ1) is 22.9. The molecule has 0 aliphatic rings. The van der Waals surface area contributed by atoms with Crippen LogP contribution in [0.1, 0.15) is 37.5 Å². The Morgan fingerprint density at radius 2 is 1.76 bits per heavy atom. The van der Waals surface area contributed by atoms with Gasteiger partial charge in [0.05, 0.1) is 5.75 Å². The van der Waals surface area contributed by atoms with E-state index in [0.717, 1.165) is 16.7 Å². The third kappa shape index (κ3) is 7.54. The van der Waals surface area contributed by atoms with Gasteiger partial charge in [0.2, 0.25) is 11.8 Å². The quantitative estimate of drug-likeness (QED) is 0.663. The summed E-state index contributed by atoms with van der Waals surface area (Å²) in [4.78, 5) is 27.1. The standard InChI is InChI=1S/C23H29FN2O2S/c1-16(2)25-23(28)18(4)26(13-20-7-5-6-17(3)12-20)22(27)15-29-14-19-8-10-21(24)11-9-19/h5-12,16,18H,13-15H2,1-4H3,(H,25,28). The Kier molecular flexibility index (Phi) is 8.70. The highest BCUT2D eigenvalue weighted by Crippen LogP contribution is 2.17. The van der Waals surface area contributed by atoms with Gasteiger partial charge < -0.3 is 10.2 Å². The van der Waals surface area contributed by atoms with Gasteiger partial charge in [-0.2, -0.15) is 0 Å². The van der Waals surface area contributed by atoms with E-state index in [9.17, 15) is 14.0 Å². The van der Waals surface area contributed by atoms with Gasteiger partial charge in [0, 0.05) is 18.3 Å². The number of carbonyl (C=O) groups is 2. The van der Waals surface area contributed by atoms with Crippen LogP contribution in [0.15, 0.2) is 48.5 Å². The summed E-state index contributed by atoms with van der Waals surface area (Å²) in [5.74, 6) is 0.332. The second-order valence-electron chi connectivity index (χ2n) is 7.47. The van der Waals surface area contributed by atoms with Crippen molar-refractivity contribution in [1.82, 2.24) is 10.2 Å². The van der Waals surface area contributed by atoms with Crippen molar-refractivity contribution >= 4 is 23.6 Å². The average Bonchev–Trinajstić information content (AvgIpc) is 2.66. The average molecular weight is 417 g/mol. The number of hydrogen-bond acceptors (Lipinski definition) is 3. The number of nitrogens with zero attached hydrogens (tertiary/aromatic N) is 1. The van der Waals surface area contributed by atoms with Crippen LogP contribution in [0.5, 0.6) is 0 Å². The van der Waals surface area contributed by atoms with Crippen LogP contribution < -0.4 is 5.32 Å². The van der Waals surface area contributed by atoms with Gasteiger partial charge in [-0.15, -0.1) is 11.8 Å². The zero-order valence-electron chi connectivity index (χ0n) is 17.4. The lowest BCUT2D eigenvalue weighted by Crippen LogP contribution is -2.49. The number of thioether (sulfide) groups is 1. The molecule has 2 aromatic carbocycles. The number of aryl methyl sites for hydroxylation is 1. The summed E-state index contributed by atoms with van der Waals surface area (Å²) in [5.41, 5.74) is 3.06. The van der Waals surface area contributed by atoms with Crippen molar-refractivity contribution in [2.24, 2.45) is 0 Å². The molecular formula is C23H29FN2O2S. The minimum absolute atomic E-state index is 0.00808. The minimum atomic E-state index is -0.572. The van der Waals surface area contributed by atoms with Gasteiger partial charge in [0.15, 0.2) is 0 Å². The first-order valence-electron chi connectivity index (χ1n) is 9.74. The summed E-state index contributed by atoms with van der Waals surface area (Å²) in [6.07, 6.45) is 0. The van der Waals surface area contributed by atoms with Crippen molar-refractivity contribution in [3.63, 3.8) is 0 Å². The van der Waals surface area contributed by atoms with Crippen LogP contribution in [0.4, 0.5) is 4.39 Å². The second-order valence-corrected chi connectivity index (χ2v) is 8.45. The van der Waals surface area contributed by atoms with Crippen LogP contribution in [0, 0.1) is 12.7 Å². The second kappa shape index (κ2) is 11.0. The van der Waals surface area contributed by atoms with Crippen molar-refractivity contribution in [2.75, 3.05) is 5.75 Å². The number of carbonyl (C=O) groups excluding carboxylic acids is 2. The summed E-state index contributed by atoms with van der Waals surface area (Å²) < 4.78 is 13.0. The van der Waals surface area contributed by atoms with E-state index in [4.69, 9.17) is 0 Å². The number of benzene rings is 2. The molecule has 0 aliphatic carbocycles. The zero-order valence-corrected chi connectivity index (χ0v) is 18.3. The third-order valence-corrected chi connectivity index (χ3v) is 5.43. The molecule has 156 valence electrons. The van der Waals surface area contributed by atoms with Crippen LogP contribution in [-0.4, -0.2) is 34.6 Å². The Hall–Kier alpha value is -2.34. The smallest absolute Gasteiger partial charge is 0.242 e. The fourth-order valence-electron chi connectivity index (χ4n) is 2.91. The van der Waals surface area contributed by atoms with E-state index in [0.29, 0.717) is 12.3 Å². The van der Waals surface area contributed by atoms with Crippen molar-refractivity contribution in [3.05, 3.63) is 71.0 Å². The molecule has 0 radical (unpaired) electrons. The minimum Gasteiger partial charge on any atom is -0.352 e. The van der Waals surface area contributed by atoms with Gasteiger partial charge >= 0.3 is 0 Å². The maximum absolute atomic E-state index is 13.0. The highest BCUT2D eigenvalue weighted by molar-refractivity contribution is 7.99. The fourth-order valence-corrected chi connectivity index (χ4v) is 3.79. The number of nitrogens with one attached hydrogen (secondary N) is 1. The van der Waals surface area contributed by atoms with Crippen LogP contribution >= 0.6 is 11.8 Å². The van der Waals surface area contributed by atoms with Crippen molar-refractivity contribution in [2.45, 2.75) is 52.1 Å². The van der Waals surface area contributed by atoms with Gasteiger partial charge in [-0.3, -0.25) is 9.59 Å². The Balaban J connectivity index is 2.06. The molecule has 0 bridgehead atoms. The predicted octanol–water partition coefficient (Wildman–Crippen LogP) is 4.31. The Labute approximate surface area is 176 Å². The van der Waals surface area contributed by atoms with Crippen LogP contribution in [-0.2, 0) is 21.9 Å². The molecular weight excluding hydrogens is 387 g/mol. The molecule has 0 saturated heterocycles. The van der Waals surface area contributed by atoms with E-state index in [-0.39, 0.29) is 29.4 Å². The summed E-state index contributed by atoms with van der Waals surface area (Å²) in [6, 6.07) is 13.7. The normalized spacial score (nSPS) is 11.9. The lowest BCUT2D eigenvalue weighted by molar-refractivity contribution is -0.138. The van der Waals surface area contributed by atoms with Crippen molar-refractivity contribution < 1.29 is 14.0 Å². The lowest BCUT2D eigenvalue weighted by atomic mass is 10.1. The van der Waals surface area contributed by atoms with E-state index in [1.807, 2.05) is 45.0 Å². The largest absolute Gasteiger partial charge is 0.352 e. The summed E-state index contributed by atoms with van der Waals surface area (Å²) in [7, 11) is 0. The van der Waals surface area contributed by atoms with Crippen LogP contribution in [0.2, 0.25) is 0 Å². The number of hydrogen-bond donors (Lipinski definition) is 1. The molecule has 0 aromatic heterocycles. The molecule has 1 N–H and O–H groups in total. The Morgan fingerprint density at radius 3 is 2.38 bits per heavy atom. The molecule has 6 heteroatoms. The molecule has 2 amide bonds. The number of amides is 2. The van der Waals surface area contributed by atoms with Crippen molar-refractivity contribution in [1.29, 1.82) is 0 Å². The fraction of sp³-hybridized carbons (Fsp3) is 0.391. The van der Waals surface area contributed by atoms with E-state index < -0.39 is 6.04 Å². The zero-order chi connectivity index (χ0) is 21.4. The highest BCUT2D eigenvalue weighted by Gasteiger charge is 2.26. The van der Waals surface area contributed by atoms with E-state index >= 15 is 0 Å². The lowest BCUT2D eigenvalue weighted by Gasteiger charge is -2.29. The number of halogens is 1. The maximum Gasteiger partial charge on any atom is 0.242 e. The van der Waals surface area contributed by atoms with Crippen molar-refractivity contribution in [3.8, 4) is 0 Å². The number of rotatable bonds is 9. The van der Waals surface area contributed by atoms with Gasteiger partial charge in [-0.1, -0.05) is 42.0 Å². The molecule has 0 heterocycles. The predicted molar refractivity (Wildman–Crippen MR) is 117 cm³/mol. The highest BCUT2D eigenvalue weighted by atomic mass is 32.2. The maximum atomic E-state index is 13.0. The molecule has 1 atom stereocenters. The molecule has 2 aromatic rings. The molecule has 2 rings (SSSR count). The first-order chi connectivity index (χ1) is 13.8.